The Labute approximate surface area is 111 Å². The molecule has 0 amide bonds. The van der Waals surface area contributed by atoms with Gasteiger partial charge in [0.25, 0.3) is 5.92 Å². The second-order valence-electron chi connectivity index (χ2n) is 5.49. The summed E-state index contributed by atoms with van der Waals surface area (Å²) in [5.74, 6) is -4.19. The number of carboxylic acids is 1. The number of aliphatic carboxylic acids is 1. The molecule has 106 valence electrons. The Kier molecular flexibility index (Phi) is 4.63. The Morgan fingerprint density at radius 2 is 1.74 bits per heavy atom. The maximum absolute atomic E-state index is 14.2. The van der Waals surface area contributed by atoms with E-state index in [1.54, 1.807) is 39.0 Å². The maximum Gasteiger partial charge on any atom is 0.317 e. The molecule has 3 nitrogen and oxygen atoms in total. The molecule has 0 fully saturated rings. The summed E-state index contributed by atoms with van der Waals surface area (Å²) in [6.07, 6.45) is 0. The minimum atomic E-state index is -3.08. The third kappa shape index (κ3) is 4.59. The largest absolute Gasteiger partial charge is 0.480 e. The zero-order chi connectivity index (χ0) is 14.7. The molecule has 1 N–H and O–H groups in total. The first-order valence-electron chi connectivity index (χ1n) is 6.03. The molecule has 0 unspecified atom stereocenters. The number of alkyl halides is 2. The normalized spacial score (nSPS) is 12.7. The smallest absolute Gasteiger partial charge is 0.317 e. The molecule has 0 radical (unpaired) electrons. The van der Waals surface area contributed by atoms with Gasteiger partial charge in [-0.15, -0.1) is 0 Å². The molecule has 0 saturated heterocycles. The number of halogens is 2. The van der Waals surface area contributed by atoms with Gasteiger partial charge in [0.2, 0.25) is 0 Å². The van der Waals surface area contributed by atoms with Crippen LogP contribution < -0.4 is 0 Å². The molecule has 1 aromatic carbocycles. The van der Waals surface area contributed by atoms with E-state index in [0.29, 0.717) is 0 Å². The van der Waals surface area contributed by atoms with E-state index in [0.717, 1.165) is 0 Å². The molecule has 19 heavy (non-hydrogen) atoms. The minimum Gasteiger partial charge on any atom is -0.480 e. The van der Waals surface area contributed by atoms with Crippen LogP contribution in [0.1, 0.15) is 26.3 Å². The van der Waals surface area contributed by atoms with Crippen molar-refractivity contribution in [3.8, 4) is 0 Å². The molecule has 0 aromatic heterocycles. The van der Waals surface area contributed by atoms with Gasteiger partial charge in [-0.05, 0) is 20.8 Å². The van der Waals surface area contributed by atoms with E-state index >= 15 is 0 Å². The second kappa shape index (κ2) is 5.65. The molecular formula is C14H19F2NO2. The number of rotatable bonds is 5. The molecule has 5 heteroatoms. The minimum absolute atomic E-state index is 0.102. The Hall–Kier alpha value is -1.49. The van der Waals surface area contributed by atoms with E-state index < -0.39 is 30.5 Å². The van der Waals surface area contributed by atoms with Crippen molar-refractivity contribution in [2.75, 3.05) is 13.1 Å². The fourth-order valence-corrected chi connectivity index (χ4v) is 1.71. The molecular weight excluding hydrogens is 252 g/mol. The van der Waals surface area contributed by atoms with E-state index in [-0.39, 0.29) is 5.56 Å². The van der Waals surface area contributed by atoms with Gasteiger partial charge < -0.3 is 5.11 Å². The standard InChI is InChI=1S/C14H19F2NO2/c1-13(2,3)17(9-12(18)19)10-14(15,16)11-7-5-4-6-8-11/h4-8H,9-10H2,1-3H3,(H,18,19). The molecule has 0 bridgehead atoms. The van der Waals surface area contributed by atoms with Gasteiger partial charge in [-0.3, -0.25) is 9.69 Å². The summed E-state index contributed by atoms with van der Waals surface area (Å²) in [5, 5.41) is 8.83. The first kappa shape index (κ1) is 15.6. The number of carbonyl (C=O) groups is 1. The lowest BCUT2D eigenvalue weighted by Gasteiger charge is -2.36. The van der Waals surface area contributed by atoms with Crippen LogP contribution in [0.15, 0.2) is 30.3 Å². The van der Waals surface area contributed by atoms with Crippen LogP contribution in [0.25, 0.3) is 0 Å². The zero-order valence-electron chi connectivity index (χ0n) is 11.4. The first-order chi connectivity index (χ1) is 8.63. The molecule has 0 aliphatic heterocycles. The summed E-state index contributed by atoms with van der Waals surface area (Å²) < 4.78 is 28.3. The molecule has 0 saturated carbocycles. The predicted octanol–water partition coefficient (Wildman–Crippen LogP) is 2.96. The van der Waals surface area contributed by atoms with Crippen LogP contribution in [0.4, 0.5) is 8.78 Å². The Balaban J connectivity index is 2.92. The van der Waals surface area contributed by atoms with Crippen LogP contribution in [0.5, 0.6) is 0 Å². The number of hydrogen-bond donors (Lipinski definition) is 1. The lowest BCUT2D eigenvalue weighted by molar-refractivity contribution is -0.142. The number of hydrogen-bond acceptors (Lipinski definition) is 2. The van der Waals surface area contributed by atoms with Crippen LogP contribution in [-0.4, -0.2) is 34.6 Å². The quantitative estimate of drug-likeness (QED) is 0.895. The highest BCUT2D eigenvalue weighted by molar-refractivity contribution is 5.69. The van der Waals surface area contributed by atoms with Crippen LogP contribution in [0.3, 0.4) is 0 Å². The zero-order valence-corrected chi connectivity index (χ0v) is 11.4. The third-order valence-corrected chi connectivity index (χ3v) is 2.86. The summed E-state index contributed by atoms with van der Waals surface area (Å²) >= 11 is 0. The highest BCUT2D eigenvalue weighted by Crippen LogP contribution is 2.31. The molecule has 0 atom stereocenters. The van der Waals surface area contributed by atoms with Crippen LogP contribution in [0.2, 0.25) is 0 Å². The van der Waals surface area contributed by atoms with Crippen molar-refractivity contribution >= 4 is 5.97 Å². The van der Waals surface area contributed by atoms with Crippen molar-refractivity contribution in [2.24, 2.45) is 0 Å². The number of carboxylic acid groups (broad SMARTS) is 1. The second-order valence-corrected chi connectivity index (χ2v) is 5.49. The lowest BCUT2D eigenvalue weighted by atomic mass is 10.0. The van der Waals surface area contributed by atoms with Gasteiger partial charge in [0, 0.05) is 11.1 Å². The monoisotopic (exact) mass is 271 g/mol. The summed E-state index contributed by atoms with van der Waals surface area (Å²) in [6, 6.07) is 7.45. The van der Waals surface area contributed by atoms with Crippen molar-refractivity contribution in [1.82, 2.24) is 4.90 Å². The average Bonchev–Trinajstić information content (AvgIpc) is 2.27. The fourth-order valence-electron chi connectivity index (χ4n) is 1.71. The van der Waals surface area contributed by atoms with Gasteiger partial charge >= 0.3 is 5.97 Å². The molecule has 0 aliphatic carbocycles. The Morgan fingerprint density at radius 3 is 2.16 bits per heavy atom. The third-order valence-electron chi connectivity index (χ3n) is 2.86. The molecule has 1 rings (SSSR count). The average molecular weight is 271 g/mol. The van der Waals surface area contributed by atoms with Crippen molar-refractivity contribution in [3.05, 3.63) is 35.9 Å². The SMILES string of the molecule is CC(C)(C)N(CC(=O)O)CC(F)(F)c1ccccc1. The van der Waals surface area contributed by atoms with Gasteiger partial charge in [-0.2, -0.15) is 8.78 Å². The van der Waals surface area contributed by atoms with Gasteiger partial charge in [-0.25, -0.2) is 0 Å². The summed E-state index contributed by atoms with van der Waals surface area (Å²) in [6.45, 7) is 4.13. The summed E-state index contributed by atoms with van der Waals surface area (Å²) in [7, 11) is 0. The summed E-state index contributed by atoms with van der Waals surface area (Å²) in [5.41, 5.74) is -0.744. The van der Waals surface area contributed by atoms with E-state index in [1.807, 2.05) is 0 Å². The van der Waals surface area contributed by atoms with Crippen molar-refractivity contribution < 1.29 is 18.7 Å². The van der Waals surface area contributed by atoms with E-state index in [1.165, 1.54) is 17.0 Å². The van der Waals surface area contributed by atoms with Crippen molar-refractivity contribution in [3.63, 3.8) is 0 Å². The molecule has 1 aromatic rings. The number of benzene rings is 1. The highest BCUT2D eigenvalue weighted by Gasteiger charge is 2.37. The van der Waals surface area contributed by atoms with Crippen LogP contribution in [-0.2, 0) is 10.7 Å². The Bertz CT molecular complexity index is 427. The topological polar surface area (TPSA) is 40.5 Å². The van der Waals surface area contributed by atoms with Gasteiger partial charge in [0.15, 0.2) is 0 Å². The van der Waals surface area contributed by atoms with E-state index in [4.69, 9.17) is 5.11 Å². The van der Waals surface area contributed by atoms with E-state index in [9.17, 15) is 13.6 Å². The predicted molar refractivity (Wildman–Crippen MR) is 69.3 cm³/mol. The Morgan fingerprint density at radius 1 is 1.21 bits per heavy atom. The molecule has 0 spiro atoms. The van der Waals surface area contributed by atoms with E-state index in [2.05, 4.69) is 0 Å². The molecule has 0 aliphatic rings. The van der Waals surface area contributed by atoms with Gasteiger partial charge in [0.1, 0.15) is 0 Å². The van der Waals surface area contributed by atoms with Gasteiger partial charge in [0.05, 0.1) is 13.1 Å². The first-order valence-corrected chi connectivity index (χ1v) is 6.03. The van der Waals surface area contributed by atoms with Crippen LogP contribution >= 0.6 is 0 Å². The highest BCUT2D eigenvalue weighted by atomic mass is 19.3. The van der Waals surface area contributed by atoms with Gasteiger partial charge in [-0.1, -0.05) is 30.3 Å². The summed E-state index contributed by atoms with van der Waals surface area (Å²) in [4.78, 5) is 12.1. The fraction of sp³-hybridized carbons (Fsp3) is 0.500. The van der Waals surface area contributed by atoms with Crippen LogP contribution in [0, 0.1) is 0 Å². The number of nitrogens with zero attached hydrogens (tertiary/aromatic N) is 1. The van der Waals surface area contributed by atoms with Crippen molar-refractivity contribution in [1.29, 1.82) is 0 Å². The molecule has 0 heterocycles. The van der Waals surface area contributed by atoms with Crippen molar-refractivity contribution in [2.45, 2.75) is 32.2 Å². The maximum atomic E-state index is 14.2. The lowest BCUT2D eigenvalue weighted by Crippen LogP contribution is -2.49.